The van der Waals surface area contributed by atoms with E-state index in [-0.39, 0.29) is 18.5 Å². The molecular formula is C23H26N6O3S. The summed E-state index contributed by atoms with van der Waals surface area (Å²) in [6.07, 6.45) is 6.01. The third-order valence-electron chi connectivity index (χ3n) is 5.73. The monoisotopic (exact) mass is 466 g/mol. The summed E-state index contributed by atoms with van der Waals surface area (Å²) < 4.78 is 0. The molecule has 0 aliphatic heterocycles. The Hall–Kier alpha value is -3.53. The number of primary amides is 1. The Kier molecular flexibility index (Phi) is 6.83. The molecule has 3 aromatic heterocycles. The lowest BCUT2D eigenvalue weighted by Gasteiger charge is -2.35. The van der Waals surface area contributed by atoms with Gasteiger partial charge in [-0.3, -0.25) is 9.59 Å². The van der Waals surface area contributed by atoms with Gasteiger partial charge in [0, 0.05) is 18.4 Å². The van der Waals surface area contributed by atoms with Crippen molar-refractivity contribution in [3.63, 3.8) is 0 Å². The summed E-state index contributed by atoms with van der Waals surface area (Å²) in [5.41, 5.74) is 7.36. The number of rotatable bonds is 8. The van der Waals surface area contributed by atoms with Crippen LogP contribution in [0.25, 0.3) is 10.6 Å². The fraction of sp³-hybridized carbons (Fsp3) is 0.348. The van der Waals surface area contributed by atoms with E-state index in [9.17, 15) is 14.7 Å². The first-order valence-corrected chi connectivity index (χ1v) is 11.6. The maximum absolute atomic E-state index is 11.8. The lowest BCUT2D eigenvalue weighted by molar-refractivity contribution is -0.142. The number of anilines is 3. The standard InChI is InChI=1S/C23H26N6O3S/c1-14-9-10-25-21(11-14)28-20-4-2-3-17(27-20)18-12-26-23(33-18)29(13-19(24)30)16-7-5-15(6-8-16)22(31)32/h2-4,9-12,15-16H,5-8,13H2,1H3,(H2,24,30)(H,31,32)(H,25,27,28). The minimum absolute atomic E-state index is 0.0282. The van der Waals surface area contributed by atoms with Gasteiger partial charge in [0.15, 0.2) is 5.13 Å². The first-order valence-electron chi connectivity index (χ1n) is 10.8. The number of carbonyl (C=O) groups is 2. The average Bonchev–Trinajstić information content (AvgIpc) is 3.28. The molecule has 1 aliphatic carbocycles. The van der Waals surface area contributed by atoms with Gasteiger partial charge in [0.25, 0.3) is 0 Å². The van der Waals surface area contributed by atoms with Gasteiger partial charge in [-0.25, -0.2) is 15.0 Å². The van der Waals surface area contributed by atoms with E-state index in [0.29, 0.717) is 42.5 Å². The Labute approximate surface area is 195 Å². The SMILES string of the molecule is Cc1ccnc(Nc2cccc(-c3cnc(N(CC(N)=O)C4CCC(C(=O)O)CC4)s3)n2)c1. The van der Waals surface area contributed by atoms with Gasteiger partial charge in [-0.15, -0.1) is 0 Å². The molecule has 1 aliphatic rings. The van der Waals surface area contributed by atoms with Crippen LogP contribution in [0, 0.1) is 12.8 Å². The second-order valence-corrected chi connectivity index (χ2v) is 9.21. The molecule has 10 heteroatoms. The predicted octanol–water partition coefficient (Wildman–Crippen LogP) is 3.59. The van der Waals surface area contributed by atoms with Crippen molar-refractivity contribution in [1.82, 2.24) is 15.0 Å². The molecule has 0 aromatic carbocycles. The van der Waals surface area contributed by atoms with Gasteiger partial charge in [-0.1, -0.05) is 17.4 Å². The molecule has 33 heavy (non-hydrogen) atoms. The first-order chi connectivity index (χ1) is 15.9. The average molecular weight is 467 g/mol. The number of carbonyl (C=O) groups excluding carboxylic acids is 1. The molecule has 0 atom stereocenters. The molecule has 0 spiro atoms. The summed E-state index contributed by atoms with van der Waals surface area (Å²) in [5, 5.41) is 13.2. The highest BCUT2D eigenvalue weighted by atomic mass is 32.1. The van der Waals surface area contributed by atoms with Crippen molar-refractivity contribution in [2.75, 3.05) is 16.8 Å². The van der Waals surface area contributed by atoms with Crippen LogP contribution in [0.1, 0.15) is 31.2 Å². The van der Waals surface area contributed by atoms with Crippen LogP contribution in [0.3, 0.4) is 0 Å². The fourth-order valence-corrected chi connectivity index (χ4v) is 5.01. The van der Waals surface area contributed by atoms with Crippen molar-refractivity contribution < 1.29 is 14.7 Å². The number of pyridine rings is 2. The van der Waals surface area contributed by atoms with Gasteiger partial charge in [0.1, 0.15) is 11.6 Å². The summed E-state index contributed by atoms with van der Waals surface area (Å²) in [7, 11) is 0. The van der Waals surface area contributed by atoms with Crippen molar-refractivity contribution in [2.24, 2.45) is 11.7 Å². The fourth-order valence-electron chi connectivity index (χ4n) is 4.05. The minimum atomic E-state index is -0.758. The molecule has 9 nitrogen and oxygen atoms in total. The van der Waals surface area contributed by atoms with Crippen molar-refractivity contribution in [3.05, 3.63) is 48.3 Å². The molecule has 3 aromatic rings. The summed E-state index contributed by atoms with van der Waals surface area (Å²) in [4.78, 5) is 39.4. The van der Waals surface area contributed by atoms with Crippen LogP contribution >= 0.6 is 11.3 Å². The zero-order valence-corrected chi connectivity index (χ0v) is 19.1. The summed E-state index contributed by atoms with van der Waals surface area (Å²) >= 11 is 1.44. The molecule has 1 fully saturated rings. The maximum Gasteiger partial charge on any atom is 0.306 e. The molecular weight excluding hydrogens is 440 g/mol. The molecule has 0 saturated heterocycles. The number of nitrogens with two attached hydrogens (primary N) is 1. The van der Waals surface area contributed by atoms with Gasteiger partial charge in [0.2, 0.25) is 5.91 Å². The van der Waals surface area contributed by atoms with E-state index in [1.165, 1.54) is 11.3 Å². The molecule has 1 amide bonds. The third kappa shape index (κ3) is 5.64. The molecule has 1 saturated carbocycles. The molecule has 172 valence electrons. The largest absolute Gasteiger partial charge is 0.481 e. The predicted molar refractivity (Wildman–Crippen MR) is 128 cm³/mol. The zero-order chi connectivity index (χ0) is 23.4. The second kappa shape index (κ2) is 9.95. The number of hydrogen-bond acceptors (Lipinski definition) is 8. The lowest BCUT2D eigenvalue weighted by atomic mass is 9.85. The second-order valence-electron chi connectivity index (χ2n) is 8.20. The van der Waals surface area contributed by atoms with E-state index in [2.05, 4.69) is 20.3 Å². The van der Waals surface area contributed by atoms with E-state index in [0.717, 1.165) is 16.1 Å². The van der Waals surface area contributed by atoms with E-state index in [1.807, 2.05) is 42.2 Å². The molecule has 0 radical (unpaired) electrons. The topological polar surface area (TPSA) is 134 Å². The molecule has 4 N–H and O–H groups in total. The number of carboxylic acid groups (broad SMARTS) is 1. The van der Waals surface area contributed by atoms with Gasteiger partial charge < -0.3 is 21.1 Å². The molecule has 3 heterocycles. The van der Waals surface area contributed by atoms with Crippen LogP contribution in [0.15, 0.2) is 42.7 Å². The third-order valence-corrected chi connectivity index (χ3v) is 6.78. The summed E-state index contributed by atoms with van der Waals surface area (Å²) in [6.45, 7) is 2.05. The maximum atomic E-state index is 11.8. The van der Waals surface area contributed by atoms with Crippen molar-refractivity contribution in [2.45, 2.75) is 38.6 Å². The number of hydrogen-bond donors (Lipinski definition) is 3. The highest BCUT2D eigenvalue weighted by molar-refractivity contribution is 7.18. The zero-order valence-electron chi connectivity index (χ0n) is 18.3. The Bertz CT molecular complexity index is 1140. The minimum Gasteiger partial charge on any atom is -0.481 e. The number of thiazole rings is 1. The number of aryl methyl sites for hydroxylation is 1. The molecule has 0 bridgehead atoms. The number of aliphatic carboxylic acids is 1. The van der Waals surface area contributed by atoms with Gasteiger partial charge in [-0.2, -0.15) is 0 Å². The van der Waals surface area contributed by atoms with Crippen LogP contribution in [0.5, 0.6) is 0 Å². The van der Waals surface area contributed by atoms with Crippen molar-refractivity contribution in [3.8, 4) is 10.6 Å². The van der Waals surface area contributed by atoms with Crippen LogP contribution in [0.4, 0.5) is 16.8 Å². The van der Waals surface area contributed by atoms with Crippen LogP contribution < -0.4 is 16.0 Å². The quantitative estimate of drug-likeness (QED) is 0.458. The first kappa shape index (κ1) is 22.7. The number of carboxylic acids is 1. The number of amides is 1. The van der Waals surface area contributed by atoms with Gasteiger partial charge >= 0.3 is 5.97 Å². The van der Waals surface area contributed by atoms with Gasteiger partial charge in [0.05, 0.1) is 23.0 Å². The Morgan fingerprint density at radius 3 is 2.67 bits per heavy atom. The smallest absolute Gasteiger partial charge is 0.306 e. The van der Waals surface area contributed by atoms with E-state index < -0.39 is 11.9 Å². The summed E-state index contributed by atoms with van der Waals surface area (Å²) in [6, 6.07) is 9.59. The Balaban J connectivity index is 1.52. The van der Waals surface area contributed by atoms with E-state index in [4.69, 9.17) is 5.73 Å². The van der Waals surface area contributed by atoms with E-state index >= 15 is 0 Å². The Morgan fingerprint density at radius 2 is 1.97 bits per heavy atom. The molecule has 4 rings (SSSR count). The number of nitrogens with one attached hydrogen (secondary N) is 1. The lowest BCUT2D eigenvalue weighted by Crippen LogP contribution is -2.43. The highest BCUT2D eigenvalue weighted by Crippen LogP contribution is 2.35. The molecule has 0 unspecified atom stereocenters. The van der Waals surface area contributed by atoms with Gasteiger partial charge in [-0.05, 0) is 62.4 Å². The van der Waals surface area contributed by atoms with Crippen LogP contribution in [-0.4, -0.2) is 44.5 Å². The highest BCUT2D eigenvalue weighted by Gasteiger charge is 2.31. The van der Waals surface area contributed by atoms with Crippen molar-refractivity contribution >= 4 is 40.0 Å². The van der Waals surface area contributed by atoms with E-state index in [1.54, 1.807) is 12.4 Å². The summed E-state index contributed by atoms with van der Waals surface area (Å²) in [5.74, 6) is -0.143. The number of aromatic nitrogens is 3. The normalized spacial score (nSPS) is 18.0. The van der Waals surface area contributed by atoms with Crippen LogP contribution in [0.2, 0.25) is 0 Å². The Morgan fingerprint density at radius 1 is 1.18 bits per heavy atom. The van der Waals surface area contributed by atoms with Crippen molar-refractivity contribution in [1.29, 1.82) is 0 Å². The number of nitrogens with zero attached hydrogens (tertiary/aromatic N) is 4. The van der Waals surface area contributed by atoms with Crippen LogP contribution in [-0.2, 0) is 9.59 Å².